The van der Waals surface area contributed by atoms with Gasteiger partial charge in [-0.15, -0.1) is 0 Å². The zero-order chi connectivity index (χ0) is 15.8. The second kappa shape index (κ2) is 5.45. The molecular weight excluding hydrogens is 323 g/mol. The van der Waals surface area contributed by atoms with E-state index in [0.29, 0.717) is 6.07 Å². The number of benzene rings is 1. The molecule has 1 aromatic carbocycles. The van der Waals surface area contributed by atoms with Crippen LogP contribution in [0.2, 0.25) is 5.02 Å². The molecule has 2 aromatic rings. The number of hydrogen-bond donors (Lipinski definition) is 1. The number of carboxylic acid groups (broad SMARTS) is 1. The molecule has 1 heterocycles. The Balaban J connectivity index is 2.47. The summed E-state index contributed by atoms with van der Waals surface area (Å²) in [6, 6.07) is 3.04. The first-order chi connectivity index (χ1) is 9.70. The van der Waals surface area contributed by atoms with Gasteiger partial charge in [0.25, 0.3) is 0 Å². The van der Waals surface area contributed by atoms with Crippen LogP contribution in [0.1, 0.15) is 16.1 Å². The van der Waals surface area contributed by atoms with Gasteiger partial charge in [-0.05, 0) is 18.2 Å². The topological polar surface area (TPSA) is 89.3 Å². The molecule has 0 unspecified atom stereocenters. The van der Waals surface area contributed by atoms with E-state index in [1.54, 1.807) is 13.2 Å². The predicted molar refractivity (Wildman–Crippen MR) is 72.5 cm³/mol. The van der Waals surface area contributed by atoms with Gasteiger partial charge in [-0.1, -0.05) is 11.6 Å². The Bertz CT molecular complexity index is 817. The van der Waals surface area contributed by atoms with Gasteiger partial charge < -0.3 is 5.11 Å². The number of nitrogens with zero attached hydrogens (tertiary/aromatic N) is 2. The quantitative estimate of drug-likeness (QED) is 0.923. The number of sulfone groups is 1. The van der Waals surface area contributed by atoms with E-state index in [-0.39, 0.29) is 5.69 Å². The van der Waals surface area contributed by atoms with Crippen molar-refractivity contribution in [3.05, 3.63) is 46.5 Å². The number of halogens is 2. The van der Waals surface area contributed by atoms with Crippen LogP contribution in [0.3, 0.4) is 0 Å². The molecule has 0 fully saturated rings. The largest absolute Gasteiger partial charge is 0.478 e. The Morgan fingerprint density at radius 3 is 2.67 bits per heavy atom. The third-order valence-corrected chi connectivity index (χ3v) is 4.71. The first kappa shape index (κ1) is 15.5. The fourth-order valence-electron chi connectivity index (χ4n) is 1.72. The summed E-state index contributed by atoms with van der Waals surface area (Å²) in [6.45, 7) is 0. The minimum absolute atomic E-state index is 0.268. The maximum atomic E-state index is 13.6. The molecule has 0 aliphatic carbocycles. The van der Waals surface area contributed by atoms with Crippen LogP contribution in [0.15, 0.2) is 29.3 Å². The molecule has 0 amide bonds. The molecule has 0 aliphatic heterocycles. The molecule has 9 heteroatoms. The SMILES string of the molecule is Cn1ccc(CS(=O)(=O)c2cc(F)c(Cl)c(C(=O)O)c2)n1. The van der Waals surface area contributed by atoms with Gasteiger partial charge >= 0.3 is 5.97 Å². The number of carbonyl (C=O) groups is 1. The summed E-state index contributed by atoms with van der Waals surface area (Å²) in [4.78, 5) is 10.5. The first-order valence-corrected chi connectivity index (χ1v) is 7.67. The third kappa shape index (κ3) is 3.22. The number of aromatic carboxylic acids is 1. The molecule has 1 aromatic heterocycles. The van der Waals surface area contributed by atoms with Crippen LogP contribution in [-0.4, -0.2) is 29.3 Å². The van der Waals surface area contributed by atoms with E-state index >= 15 is 0 Å². The monoisotopic (exact) mass is 332 g/mol. The zero-order valence-corrected chi connectivity index (χ0v) is 12.3. The lowest BCUT2D eigenvalue weighted by Gasteiger charge is -2.06. The van der Waals surface area contributed by atoms with Crippen LogP contribution in [0.25, 0.3) is 0 Å². The molecule has 0 bridgehead atoms. The van der Waals surface area contributed by atoms with Crippen molar-refractivity contribution in [2.75, 3.05) is 0 Å². The van der Waals surface area contributed by atoms with Crippen LogP contribution in [0.4, 0.5) is 4.39 Å². The summed E-state index contributed by atoms with van der Waals surface area (Å²) in [5.41, 5.74) is -0.332. The summed E-state index contributed by atoms with van der Waals surface area (Å²) in [7, 11) is -2.31. The molecule has 1 N–H and O–H groups in total. The lowest BCUT2D eigenvalue weighted by atomic mass is 10.2. The second-order valence-corrected chi connectivity index (χ2v) is 6.68. The van der Waals surface area contributed by atoms with Gasteiger partial charge in [0.15, 0.2) is 9.84 Å². The lowest BCUT2D eigenvalue weighted by molar-refractivity contribution is 0.0696. The summed E-state index contributed by atoms with van der Waals surface area (Å²) >= 11 is 5.51. The Kier molecular flexibility index (Phi) is 4.02. The van der Waals surface area contributed by atoms with Gasteiger partial charge in [-0.3, -0.25) is 4.68 Å². The molecule has 21 heavy (non-hydrogen) atoms. The average molecular weight is 333 g/mol. The smallest absolute Gasteiger partial charge is 0.337 e. The maximum Gasteiger partial charge on any atom is 0.337 e. The molecule has 0 radical (unpaired) electrons. The highest BCUT2D eigenvalue weighted by atomic mass is 35.5. The molecule has 0 aliphatic rings. The van der Waals surface area contributed by atoms with E-state index in [0.717, 1.165) is 6.07 Å². The standard InChI is InChI=1S/C12H10ClFN2O4S/c1-16-3-2-7(15-16)6-21(19,20)8-4-9(12(17)18)11(13)10(14)5-8/h2-5H,6H2,1H3,(H,17,18). The Morgan fingerprint density at radius 2 is 2.14 bits per heavy atom. The molecule has 6 nitrogen and oxygen atoms in total. The van der Waals surface area contributed by atoms with Crippen LogP contribution in [0, 0.1) is 5.82 Å². The minimum Gasteiger partial charge on any atom is -0.478 e. The van der Waals surface area contributed by atoms with Gasteiger partial charge in [-0.2, -0.15) is 5.10 Å². The average Bonchev–Trinajstić information content (AvgIpc) is 2.76. The van der Waals surface area contributed by atoms with Crippen molar-refractivity contribution < 1.29 is 22.7 Å². The van der Waals surface area contributed by atoms with Crippen LogP contribution in [-0.2, 0) is 22.6 Å². The van der Waals surface area contributed by atoms with Gasteiger partial charge in [0.2, 0.25) is 0 Å². The van der Waals surface area contributed by atoms with Crippen LogP contribution >= 0.6 is 11.6 Å². The number of rotatable bonds is 4. The number of aromatic nitrogens is 2. The van der Waals surface area contributed by atoms with Crippen molar-refractivity contribution in [1.29, 1.82) is 0 Å². The van der Waals surface area contributed by atoms with E-state index in [9.17, 15) is 17.6 Å². The fraction of sp³-hybridized carbons (Fsp3) is 0.167. The fourth-order valence-corrected chi connectivity index (χ4v) is 3.20. The predicted octanol–water partition coefficient (Wildman–Crippen LogP) is 1.88. The van der Waals surface area contributed by atoms with Gasteiger partial charge in [0.1, 0.15) is 5.82 Å². The first-order valence-electron chi connectivity index (χ1n) is 5.64. The summed E-state index contributed by atoms with van der Waals surface area (Å²) in [6.07, 6.45) is 1.57. The number of carboxylic acids is 1. The number of aryl methyl sites for hydroxylation is 1. The zero-order valence-electron chi connectivity index (χ0n) is 10.7. The van der Waals surface area contributed by atoms with Crippen molar-refractivity contribution in [3.8, 4) is 0 Å². The minimum atomic E-state index is -3.93. The number of hydrogen-bond acceptors (Lipinski definition) is 4. The van der Waals surface area contributed by atoms with E-state index < -0.39 is 42.9 Å². The maximum absolute atomic E-state index is 13.6. The molecule has 0 atom stereocenters. The van der Waals surface area contributed by atoms with Crippen LogP contribution in [0.5, 0.6) is 0 Å². The van der Waals surface area contributed by atoms with Gasteiger partial charge in [-0.25, -0.2) is 17.6 Å². The Labute approximate surface area is 124 Å². The van der Waals surface area contributed by atoms with Crippen molar-refractivity contribution >= 4 is 27.4 Å². The van der Waals surface area contributed by atoms with E-state index in [4.69, 9.17) is 16.7 Å². The van der Waals surface area contributed by atoms with Gasteiger partial charge in [0, 0.05) is 13.2 Å². The molecule has 0 spiro atoms. The highest BCUT2D eigenvalue weighted by Gasteiger charge is 2.23. The summed E-state index contributed by atoms with van der Waals surface area (Å²) in [5, 5.41) is 12.2. The normalized spacial score (nSPS) is 11.6. The van der Waals surface area contributed by atoms with E-state index in [1.165, 1.54) is 10.7 Å². The summed E-state index contributed by atoms with van der Waals surface area (Å²) in [5.74, 6) is -3.07. The lowest BCUT2D eigenvalue weighted by Crippen LogP contribution is -2.09. The van der Waals surface area contributed by atoms with E-state index in [1.807, 2.05) is 0 Å². The summed E-state index contributed by atoms with van der Waals surface area (Å²) < 4.78 is 39.4. The van der Waals surface area contributed by atoms with Gasteiger partial charge in [0.05, 0.1) is 26.9 Å². The highest BCUT2D eigenvalue weighted by Crippen LogP contribution is 2.26. The molecular formula is C12H10ClFN2O4S. The molecule has 2 rings (SSSR count). The van der Waals surface area contributed by atoms with E-state index in [2.05, 4.69) is 5.10 Å². The van der Waals surface area contributed by atoms with Crippen molar-refractivity contribution in [2.45, 2.75) is 10.6 Å². The van der Waals surface area contributed by atoms with Crippen LogP contribution < -0.4 is 0 Å². The molecule has 112 valence electrons. The Morgan fingerprint density at radius 1 is 1.48 bits per heavy atom. The Hall–Kier alpha value is -1.93. The molecule has 0 saturated carbocycles. The van der Waals surface area contributed by atoms with Crippen molar-refractivity contribution in [1.82, 2.24) is 9.78 Å². The second-order valence-electron chi connectivity index (χ2n) is 4.31. The molecule has 0 saturated heterocycles. The van der Waals surface area contributed by atoms with Crippen molar-refractivity contribution in [2.24, 2.45) is 7.05 Å². The highest BCUT2D eigenvalue weighted by molar-refractivity contribution is 7.90. The van der Waals surface area contributed by atoms with Crippen molar-refractivity contribution in [3.63, 3.8) is 0 Å². The third-order valence-electron chi connectivity index (χ3n) is 2.70.